The number of anilines is 1. The normalized spacial score (nSPS) is 16.5. The maximum atomic E-state index is 5.01. The van der Waals surface area contributed by atoms with Crippen molar-refractivity contribution in [1.82, 2.24) is 10.1 Å². The lowest BCUT2D eigenvalue weighted by Gasteiger charge is -2.11. The van der Waals surface area contributed by atoms with Crippen molar-refractivity contribution in [3.8, 4) is 0 Å². The summed E-state index contributed by atoms with van der Waals surface area (Å²) < 4.78 is 5.01. The van der Waals surface area contributed by atoms with Crippen molar-refractivity contribution in [2.45, 2.75) is 32.2 Å². The summed E-state index contributed by atoms with van der Waals surface area (Å²) >= 11 is 0. The molecule has 0 spiro atoms. The summed E-state index contributed by atoms with van der Waals surface area (Å²) in [6.45, 7) is 2.01. The predicted molar refractivity (Wildman–Crippen MR) is 45.1 cm³/mol. The Morgan fingerprint density at radius 1 is 1.58 bits per heavy atom. The van der Waals surface area contributed by atoms with Gasteiger partial charge in [-0.15, -0.1) is 0 Å². The topological polar surface area (TPSA) is 42.2 Å². The molecule has 0 radical (unpaired) electrons. The number of hydrogen-bond acceptors (Lipinski definition) is 4. The maximum Gasteiger partial charge on any atom is 0.266 e. The zero-order chi connectivity index (χ0) is 8.55. The van der Waals surface area contributed by atoms with Crippen molar-refractivity contribution in [2.75, 3.05) is 11.9 Å². The third kappa shape index (κ3) is 1.29. The smallest absolute Gasteiger partial charge is 0.266 e. The Morgan fingerprint density at radius 2 is 2.33 bits per heavy atom. The fraction of sp³-hybridized carbons (Fsp3) is 0.750. The average molecular weight is 167 g/mol. The quantitative estimate of drug-likeness (QED) is 0.679. The van der Waals surface area contributed by atoms with Crippen LogP contribution in [-0.2, 0) is 6.42 Å². The van der Waals surface area contributed by atoms with Gasteiger partial charge in [0.25, 0.3) is 5.95 Å². The Balaban J connectivity index is 2.10. The molecule has 2 rings (SSSR count). The Kier molecular flexibility index (Phi) is 1.75. The van der Waals surface area contributed by atoms with Gasteiger partial charge in [0.05, 0.1) is 0 Å². The van der Waals surface area contributed by atoms with Crippen LogP contribution in [0.15, 0.2) is 4.52 Å². The largest absolute Gasteiger partial charge is 0.338 e. The second-order valence-electron chi connectivity index (χ2n) is 3.18. The molecular weight excluding hydrogens is 154 g/mol. The third-order valence-electron chi connectivity index (χ3n) is 2.17. The van der Waals surface area contributed by atoms with E-state index in [9.17, 15) is 0 Å². The fourth-order valence-electron chi connectivity index (χ4n) is 1.16. The minimum absolute atomic E-state index is 0.646. The number of aromatic nitrogens is 2. The number of hydrogen-bond donors (Lipinski definition) is 0. The molecule has 4 nitrogen and oxygen atoms in total. The van der Waals surface area contributed by atoms with Crippen LogP contribution in [0.4, 0.5) is 5.95 Å². The minimum atomic E-state index is 0.646. The van der Waals surface area contributed by atoms with Crippen molar-refractivity contribution in [2.24, 2.45) is 0 Å². The molecule has 66 valence electrons. The van der Waals surface area contributed by atoms with Gasteiger partial charge < -0.3 is 9.42 Å². The molecule has 0 bridgehead atoms. The minimum Gasteiger partial charge on any atom is -0.338 e. The second kappa shape index (κ2) is 2.77. The molecule has 0 atom stereocenters. The molecule has 0 aromatic carbocycles. The van der Waals surface area contributed by atoms with Crippen LogP contribution in [0.25, 0.3) is 0 Å². The molecule has 1 aliphatic rings. The molecule has 1 aromatic rings. The molecule has 0 amide bonds. The van der Waals surface area contributed by atoms with E-state index in [-0.39, 0.29) is 0 Å². The molecule has 1 saturated carbocycles. The lowest BCUT2D eigenvalue weighted by atomic mass is 10.5. The van der Waals surface area contributed by atoms with Crippen LogP contribution in [0.5, 0.6) is 0 Å². The van der Waals surface area contributed by atoms with E-state index in [1.807, 2.05) is 14.0 Å². The number of aryl methyl sites for hydroxylation is 1. The van der Waals surface area contributed by atoms with Crippen molar-refractivity contribution >= 4 is 5.95 Å². The van der Waals surface area contributed by atoms with Gasteiger partial charge in [-0.05, 0) is 18.0 Å². The van der Waals surface area contributed by atoms with Crippen LogP contribution in [0.2, 0.25) is 0 Å². The van der Waals surface area contributed by atoms with Crippen LogP contribution in [-0.4, -0.2) is 23.2 Å². The first-order valence-electron chi connectivity index (χ1n) is 4.36. The zero-order valence-corrected chi connectivity index (χ0v) is 7.45. The first-order valence-corrected chi connectivity index (χ1v) is 4.36. The van der Waals surface area contributed by atoms with E-state index in [0.29, 0.717) is 6.04 Å². The highest BCUT2D eigenvalue weighted by Gasteiger charge is 2.28. The molecule has 0 saturated heterocycles. The van der Waals surface area contributed by atoms with E-state index in [2.05, 4.69) is 15.0 Å². The Hall–Kier alpha value is -1.06. The Morgan fingerprint density at radius 3 is 2.83 bits per heavy atom. The molecule has 0 N–H and O–H groups in total. The first-order chi connectivity index (χ1) is 5.81. The van der Waals surface area contributed by atoms with Crippen LogP contribution in [0.1, 0.15) is 25.7 Å². The Bertz CT molecular complexity index is 267. The van der Waals surface area contributed by atoms with E-state index in [0.717, 1.165) is 18.3 Å². The van der Waals surface area contributed by atoms with Gasteiger partial charge in [0.2, 0.25) is 5.89 Å². The van der Waals surface area contributed by atoms with Gasteiger partial charge in [-0.2, -0.15) is 4.98 Å². The molecule has 0 unspecified atom stereocenters. The van der Waals surface area contributed by atoms with Crippen LogP contribution >= 0.6 is 0 Å². The summed E-state index contributed by atoms with van der Waals surface area (Å²) in [6.07, 6.45) is 3.32. The highest BCUT2D eigenvalue weighted by Crippen LogP contribution is 2.28. The van der Waals surface area contributed by atoms with Crippen LogP contribution in [0.3, 0.4) is 0 Å². The highest BCUT2D eigenvalue weighted by molar-refractivity contribution is 5.30. The molecule has 0 aliphatic heterocycles. The second-order valence-corrected chi connectivity index (χ2v) is 3.18. The fourth-order valence-corrected chi connectivity index (χ4v) is 1.16. The van der Waals surface area contributed by atoms with Gasteiger partial charge in [-0.1, -0.05) is 6.92 Å². The zero-order valence-electron chi connectivity index (χ0n) is 7.45. The van der Waals surface area contributed by atoms with Crippen molar-refractivity contribution < 1.29 is 4.52 Å². The van der Waals surface area contributed by atoms with Gasteiger partial charge >= 0.3 is 0 Å². The number of rotatable bonds is 3. The Labute approximate surface area is 71.6 Å². The van der Waals surface area contributed by atoms with Crippen molar-refractivity contribution in [3.05, 3.63) is 5.89 Å². The lowest BCUT2D eigenvalue weighted by molar-refractivity contribution is 0.381. The molecular formula is C8H13N3O. The number of nitrogens with zero attached hydrogens (tertiary/aromatic N) is 3. The van der Waals surface area contributed by atoms with E-state index in [1.165, 1.54) is 12.8 Å². The highest BCUT2D eigenvalue weighted by atomic mass is 16.5. The van der Waals surface area contributed by atoms with Crippen LogP contribution < -0.4 is 4.90 Å². The van der Waals surface area contributed by atoms with Crippen molar-refractivity contribution in [1.29, 1.82) is 0 Å². The molecule has 4 heteroatoms. The van der Waals surface area contributed by atoms with Crippen LogP contribution in [0, 0.1) is 0 Å². The third-order valence-corrected chi connectivity index (χ3v) is 2.17. The SMILES string of the molecule is CCc1nc(N(C)C2CC2)no1. The predicted octanol–water partition coefficient (Wildman–Crippen LogP) is 1.23. The summed E-state index contributed by atoms with van der Waals surface area (Å²) in [6, 6.07) is 0.646. The van der Waals surface area contributed by atoms with Gasteiger partial charge in [0.15, 0.2) is 0 Å². The maximum absolute atomic E-state index is 5.01. The molecule has 1 fully saturated rings. The molecule has 12 heavy (non-hydrogen) atoms. The van der Waals surface area contributed by atoms with Gasteiger partial charge in [-0.3, -0.25) is 0 Å². The van der Waals surface area contributed by atoms with Gasteiger partial charge in [0, 0.05) is 19.5 Å². The average Bonchev–Trinajstić information content (AvgIpc) is 2.82. The van der Waals surface area contributed by atoms with Gasteiger partial charge in [-0.25, -0.2) is 0 Å². The van der Waals surface area contributed by atoms with E-state index in [1.54, 1.807) is 0 Å². The summed E-state index contributed by atoms with van der Waals surface area (Å²) in [5, 5.41) is 3.89. The molecule has 1 heterocycles. The van der Waals surface area contributed by atoms with Gasteiger partial charge in [0.1, 0.15) is 0 Å². The summed E-state index contributed by atoms with van der Waals surface area (Å²) in [4.78, 5) is 6.32. The lowest BCUT2D eigenvalue weighted by Crippen LogP contribution is -2.20. The standard InChI is InChI=1S/C8H13N3O/c1-3-7-9-8(10-12-7)11(2)6-4-5-6/h6H,3-5H2,1-2H3. The van der Waals surface area contributed by atoms with E-state index < -0.39 is 0 Å². The van der Waals surface area contributed by atoms with E-state index >= 15 is 0 Å². The summed E-state index contributed by atoms with van der Waals surface area (Å²) in [5.74, 6) is 1.45. The first kappa shape index (κ1) is 7.58. The summed E-state index contributed by atoms with van der Waals surface area (Å²) in [7, 11) is 2.02. The van der Waals surface area contributed by atoms with E-state index in [4.69, 9.17) is 4.52 Å². The molecule has 1 aliphatic carbocycles. The monoisotopic (exact) mass is 167 g/mol. The summed E-state index contributed by atoms with van der Waals surface area (Å²) in [5.41, 5.74) is 0. The molecule has 1 aromatic heterocycles. The van der Waals surface area contributed by atoms with Crippen molar-refractivity contribution in [3.63, 3.8) is 0 Å².